The third-order valence-electron chi connectivity index (χ3n) is 1.33. The maximum absolute atomic E-state index is 11.0. The minimum atomic E-state index is -0.235. The van der Waals surface area contributed by atoms with Crippen LogP contribution in [-0.2, 0) is 9.59 Å². The van der Waals surface area contributed by atoms with Crippen molar-refractivity contribution >= 4 is 11.8 Å². The van der Waals surface area contributed by atoms with Gasteiger partial charge >= 0.3 is 0 Å². The third kappa shape index (κ3) is 7.09. The van der Waals surface area contributed by atoms with Crippen molar-refractivity contribution in [1.82, 2.24) is 10.6 Å². The van der Waals surface area contributed by atoms with Crippen molar-refractivity contribution in [2.24, 2.45) is 0 Å². The number of hydrogen-bond acceptors (Lipinski definition) is 2. The molecule has 0 aliphatic rings. The lowest BCUT2D eigenvalue weighted by molar-refractivity contribution is -0.118. The molecule has 4 heteroatoms. The van der Waals surface area contributed by atoms with E-state index in [2.05, 4.69) is 17.2 Å². The normalized spacial score (nSPS) is 8.71. The molecular formula is C10H16N2O2. The van der Waals surface area contributed by atoms with E-state index in [1.807, 2.05) is 13.8 Å². The standard InChI is InChI=1S/C10H16N2O2/c1-4-9(13)11-5-6-12-10(14)7-8(2)3/h4,7H,1,5-6H2,2-3H3,(H,11,13)(H,12,14). The molecule has 2 amide bonds. The van der Waals surface area contributed by atoms with Gasteiger partial charge in [0.1, 0.15) is 0 Å². The van der Waals surface area contributed by atoms with E-state index in [9.17, 15) is 9.59 Å². The molecule has 0 aliphatic carbocycles. The second-order valence-corrected chi connectivity index (χ2v) is 3.01. The second-order valence-electron chi connectivity index (χ2n) is 3.01. The molecule has 0 atom stereocenters. The lowest BCUT2D eigenvalue weighted by Crippen LogP contribution is -2.33. The van der Waals surface area contributed by atoms with Gasteiger partial charge in [0.05, 0.1) is 0 Å². The molecule has 0 unspecified atom stereocenters. The Morgan fingerprint density at radius 3 is 2.07 bits per heavy atom. The van der Waals surface area contributed by atoms with E-state index in [4.69, 9.17) is 0 Å². The first kappa shape index (κ1) is 12.4. The minimum absolute atomic E-state index is 0.141. The first-order valence-electron chi connectivity index (χ1n) is 4.39. The summed E-state index contributed by atoms with van der Waals surface area (Å²) in [6.07, 6.45) is 2.70. The molecule has 0 aromatic carbocycles. The van der Waals surface area contributed by atoms with Crippen LogP contribution in [0.1, 0.15) is 13.8 Å². The Labute approximate surface area is 84.1 Å². The van der Waals surface area contributed by atoms with Gasteiger partial charge in [0.15, 0.2) is 0 Å². The molecule has 0 spiro atoms. The van der Waals surface area contributed by atoms with E-state index in [0.29, 0.717) is 13.1 Å². The van der Waals surface area contributed by atoms with Crippen LogP contribution in [0.5, 0.6) is 0 Å². The Morgan fingerprint density at radius 2 is 1.64 bits per heavy atom. The summed E-state index contributed by atoms with van der Waals surface area (Å²) in [5.74, 6) is -0.376. The molecule has 0 radical (unpaired) electrons. The number of hydrogen-bond donors (Lipinski definition) is 2. The van der Waals surface area contributed by atoms with Crippen molar-refractivity contribution in [3.05, 3.63) is 24.3 Å². The minimum Gasteiger partial charge on any atom is -0.351 e. The first-order chi connectivity index (χ1) is 6.56. The van der Waals surface area contributed by atoms with Crippen LogP contribution in [0, 0.1) is 0 Å². The molecule has 0 heterocycles. The van der Waals surface area contributed by atoms with Crippen LogP contribution >= 0.6 is 0 Å². The first-order valence-corrected chi connectivity index (χ1v) is 4.39. The molecule has 0 aromatic heterocycles. The summed E-state index contributed by atoms with van der Waals surface area (Å²) < 4.78 is 0. The highest BCUT2D eigenvalue weighted by Gasteiger charge is 1.96. The van der Waals surface area contributed by atoms with E-state index in [1.165, 1.54) is 12.2 Å². The predicted octanol–water partition coefficient (Wildman–Crippen LogP) is 0.371. The van der Waals surface area contributed by atoms with Gasteiger partial charge < -0.3 is 10.6 Å². The van der Waals surface area contributed by atoms with E-state index in [1.54, 1.807) is 0 Å². The molecule has 0 saturated carbocycles. The van der Waals surface area contributed by atoms with Gasteiger partial charge in [-0.05, 0) is 19.9 Å². The van der Waals surface area contributed by atoms with Gasteiger partial charge in [-0.2, -0.15) is 0 Å². The highest BCUT2D eigenvalue weighted by molar-refractivity contribution is 5.88. The zero-order valence-electron chi connectivity index (χ0n) is 8.59. The maximum Gasteiger partial charge on any atom is 0.243 e. The van der Waals surface area contributed by atoms with Crippen molar-refractivity contribution in [2.45, 2.75) is 13.8 Å². The Kier molecular flexibility index (Phi) is 6.11. The van der Waals surface area contributed by atoms with E-state index >= 15 is 0 Å². The largest absolute Gasteiger partial charge is 0.351 e. The van der Waals surface area contributed by atoms with Gasteiger partial charge in [-0.25, -0.2) is 0 Å². The van der Waals surface area contributed by atoms with E-state index in [0.717, 1.165) is 5.57 Å². The highest BCUT2D eigenvalue weighted by atomic mass is 16.2. The number of carbonyl (C=O) groups excluding carboxylic acids is 2. The molecule has 0 aromatic rings. The summed E-state index contributed by atoms with van der Waals surface area (Å²) in [6.45, 7) is 7.83. The van der Waals surface area contributed by atoms with Crippen LogP contribution in [0.15, 0.2) is 24.3 Å². The molecule has 2 N–H and O–H groups in total. The molecule has 0 rings (SSSR count). The fourth-order valence-electron chi connectivity index (χ4n) is 0.757. The fourth-order valence-corrected chi connectivity index (χ4v) is 0.757. The van der Waals surface area contributed by atoms with Crippen LogP contribution in [0.2, 0.25) is 0 Å². The zero-order valence-corrected chi connectivity index (χ0v) is 8.59. The topological polar surface area (TPSA) is 58.2 Å². The SMILES string of the molecule is C=CC(=O)NCCNC(=O)C=C(C)C. The highest BCUT2D eigenvalue weighted by Crippen LogP contribution is 1.86. The number of amides is 2. The molecule has 14 heavy (non-hydrogen) atoms. The van der Waals surface area contributed by atoms with Crippen molar-refractivity contribution < 1.29 is 9.59 Å². The molecule has 0 fully saturated rings. The summed E-state index contributed by atoms with van der Waals surface area (Å²) in [4.78, 5) is 21.7. The quantitative estimate of drug-likeness (QED) is 0.493. The molecular weight excluding hydrogens is 180 g/mol. The smallest absolute Gasteiger partial charge is 0.243 e. The van der Waals surface area contributed by atoms with Crippen LogP contribution in [-0.4, -0.2) is 24.9 Å². The van der Waals surface area contributed by atoms with Gasteiger partial charge in [0.25, 0.3) is 0 Å². The summed E-state index contributed by atoms with van der Waals surface area (Å²) in [5, 5.41) is 5.18. The summed E-state index contributed by atoms with van der Waals surface area (Å²) >= 11 is 0. The van der Waals surface area contributed by atoms with Gasteiger partial charge in [0.2, 0.25) is 11.8 Å². The summed E-state index contributed by atoms with van der Waals surface area (Å²) in [7, 11) is 0. The second kappa shape index (κ2) is 6.88. The molecule has 4 nitrogen and oxygen atoms in total. The van der Waals surface area contributed by atoms with Crippen LogP contribution in [0.4, 0.5) is 0 Å². The van der Waals surface area contributed by atoms with E-state index in [-0.39, 0.29) is 11.8 Å². The average molecular weight is 196 g/mol. The lowest BCUT2D eigenvalue weighted by Gasteiger charge is -2.03. The zero-order chi connectivity index (χ0) is 11.0. The maximum atomic E-state index is 11.0. The van der Waals surface area contributed by atoms with Crippen molar-refractivity contribution in [1.29, 1.82) is 0 Å². The summed E-state index contributed by atoms with van der Waals surface area (Å²) in [5.41, 5.74) is 0.942. The Balaban J connectivity index is 3.55. The fraction of sp³-hybridized carbons (Fsp3) is 0.400. The number of nitrogens with one attached hydrogen (secondary N) is 2. The molecule has 78 valence electrons. The number of carbonyl (C=O) groups is 2. The molecule has 0 aliphatic heterocycles. The van der Waals surface area contributed by atoms with Gasteiger partial charge in [-0.15, -0.1) is 0 Å². The van der Waals surface area contributed by atoms with E-state index < -0.39 is 0 Å². The van der Waals surface area contributed by atoms with Crippen LogP contribution < -0.4 is 10.6 Å². The summed E-state index contributed by atoms with van der Waals surface area (Å²) in [6, 6.07) is 0. The van der Waals surface area contributed by atoms with Crippen LogP contribution in [0.25, 0.3) is 0 Å². The van der Waals surface area contributed by atoms with Gasteiger partial charge in [0, 0.05) is 19.2 Å². The molecule has 0 bridgehead atoms. The predicted molar refractivity (Wildman–Crippen MR) is 55.6 cm³/mol. The van der Waals surface area contributed by atoms with Crippen molar-refractivity contribution in [3.63, 3.8) is 0 Å². The Morgan fingerprint density at radius 1 is 1.14 bits per heavy atom. The van der Waals surface area contributed by atoms with Crippen molar-refractivity contribution in [3.8, 4) is 0 Å². The van der Waals surface area contributed by atoms with Crippen LogP contribution in [0.3, 0.4) is 0 Å². The average Bonchev–Trinajstić information content (AvgIpc) is 2.10. The molecule has 0 saturated heterocycles. The van der Waals surface area contributed by atoms with Crippen molar-refractivity contribution in [2.75, 3.05) is 13.1 Å². The number of allylic oxidation sites excluding steroid dienone is 1. The van der Waals surface area contributed by atoms with Gasteiger partial charge in [-0.3, -0.25) is 9.59 Å². The number of rotatable bonds is 5. The lowest BCUT2D eigenvalue weighted by atomic mass is 10.3. The monoisotopic (exact) mass is 196 g/mol. The Bertz CT molecular complexity index is 253. The third-order valence-corrected chi connectivity index (χ3v) is 1.33. The van der Waals surface area contributed by atoms with Gasteiger partial charge in [-0.1, -0.05) is 12.2 Å². The Hall–Kier alpha value is -1.58.